The van der Waals surface area contributed by atoms with Crippen molar-refractivity contribution in [1.29, 1.82) is 0 Å². The maximum absolute atomic E-state index is 13.0. The molecule has 0 amide bonds. The Kier molecular flexibility index (Phi) is 3.52. The Morgan fingerprint density at radius 1 is 1.25 bits per heavy atom. The summed E-state index contributed by atoms with van der Waals surface area (Å²) in [7, 11) is 0. The van der Waals surface area contributed by atoms with E-state index in [0.29, 0.717) is 12.8 Å². The van der Waals surface area contributed by atoms with Gasteiger partial charge in [0.15, 0.2) is 0 Å². The van der Waals surface area contributed by atoms with Crippen molar-refractivity contribution in [2.45, 2.75) is 37.3 Å². The largest absolute Gasteiger partial charge is 0.574 e. The molecule has 2 atom stereocenters. The van der Waals surface area contributed by atoms with E-state index in [1.54, 1.807) is 0 Å². The molecule has 6 heteroatoms. The van der Waals surface area contributed by atoms with Gasteiger partial charge in [-0.25, -0.2) is 8.78 Å². The molecule has 0 aromatic heterocycles. The first-order valence-corrected chi connectivity index (χ1v) is 4.29. The van der Waals surface area contributed by atoms with E-state index in [1.807, 2.05) is 0 Å². The molecule has 0 aromatic carbocycles. The van der Waals surface area contributed by atoms with Crippen LogP contribution in [0.5, 0.6) is 0 Å². The maximum Gasteiger partial charge on any atom is 0.232 e. The predicted octanol–water partition coefficient (Wildman–Crippen LogP) is 3.60. The molecule has 0 unspecified atom stereocenters. The highest BCUT2D eigenvalue weighted by Gasteiger charge is 2.37. The zero-order chi connectivity index (χ0) is 9.19. The van der Waals surface area contributed by atoms with Gasteiger partial charge in [-0.3, -0.25) is 23.6 Å². The zero-order valence-electron chi connectivity index (χ0n) is 6.18. The van der Waals surface area contributed by atoms with Crippen LogP contribution in [0.25, 0.3) is 9.67 Å². The van der Waals surface area contributed by atoms with Crippen molar-refractivity contribution in [3.63, 3.8) is 0 Å². The number of alkyl halides is 2. The average Bonchev–Trinajstić information content (AvgIpc) is 2.02. The summed E-state index contributed by atoms with van der Waals surface area (Å²) in [6.07, 6.45) is 0.758. The van der Waals surface area contributed by atoms with Crippen molar-refractivity contribution in [3.05, 3.63) is 9.67 Å². The van der Waals surface area contributed by atoms with Gasteiger partial charge in [0.25, 0.3) is 0 Å². The minimum Gasteiger partial charge on any atom is -0.574 e. The predicted molar refractivity (Wildman–Crippen MR) is 44.8 cm³/mol. The third kappa shape index (κ3) is 1.99. The third-order valence-corrected chi connectivity index (χ3v) is 2.50. The van der Waals surface area contributed by atoms with Gasteiger partial charge in [-0.2, -0.15) is 0 Å². The van der Waals surface area contributed by atoms with Crippen LogP contribution in [0.2, 0.25) is 0 Å². The summed E-state index contributed by atoms with van der Waals surface area (Å²) < 4.78 is 26.0. The first-order chi connectivity index (χ1) is 5.61. The second-order valence-electron chi connectivity index (χ2n) is 2.86. The van der Waals surface area contributed by atoms with Crippen molar-refractivity contribution in [2.75, 3.05) is 0 Å². The van der Waals surface area contributed by atoms with E-state index in [-0.39, 0.29) is 6.42 Å². The summed E-state index contributed by atoms with van der Waals surface area (Å²) in [6, 6.07) is -1.90. The van der Waals surface area contributed by atoms with E-state index >= 15 is 0 Å². The molecule has 1 saturated carbocycles. The minimum atomic E-state index is -2.86. The number of nitrogens with zero attached hydrogens (tertiary/aromatic N) is 2. The van der Waals surface area contributed by atoms with E-state index in [9.17, 15) is 8.78 Å². The van der Waals surface area contributed by atoms with E-state index in [0.717, 1.165) is 0 Å². The second kappa shape index (κ2) is 4.05. The van der Waals surface area contributed by atoms with Gasteiger partial charge in [0.05, 0.1) is 0 Å². The van der Waals surface area contributed by atoms with Gasteiger partial charge >= 0.3 is 0 Å². The molecule has 2 nitrogen and oxygen atoms in total. The van der Waals surface area contributed by atoms with Gasteiger partial charge < -0.3 is 9.67 Å². The molecule has 0 N–H and O–H groups in total. The molecule has 1 aliphatic carbocycles. The molecule has 0 radical (unpaired) electrons. The van der Waals surface area contributed by atoms with Crippen LogP contribution in [0.3, 0.4) is 0 Å². The Hall–Kier alpha value is 0.360. The number of hydrogen-bond donors (Lipinski definition) is 0. The SMILES string of the molecule is FC1(F)CCC[C@H]([N-]Cl)[C@H]1[N-]Cl. The highest BCUT2D eigenvalue weighted by Crippen LogP contribution is 2.41. The average molecular weight is 217 g/mol. The summed E-state index contributed by atoms with van der Waals surface area (Å²) in [5.41, 5.74) is 0. The van der Waals surface area contributed by atoms with Crippen LogP contribution in [0.4, 0.5) is 8.78 Å². The molecule has 1 rings (SSSR count). The fraction of sp³-hybridized carbons (Fsp3) is 1.00. The summed E-state index contributed by atoms with van der Waals surface area (Å²) >= 11 is 10.2. The van der Waals surface area contributed by atoms with Crippen molar-refractivity contribution in [2.24, 2.45) is 0 Å². The molecule has 1 aliphatic rings. The van der Waals surface area contributed by atoms with Crippen LogP contribution in [-0.2, 0) is 0 Å². The quantitative estimate of drug-likeness (QED) is 0.675. The molecule has 72 valence electrons. The first-order valence-electron chi connectivity index (χ1n) is 3.62. The van der Waals surface area contributed by atoms with E-state index in [2.05, 4.69) is 9.67 Å². The highest BCUT2D eigenvalue weighted by molar-refractivity contribution is 6.26. The monoisotopic (exact) mass is 216 g/mol. The molecular formula is C6H8Cl2F2N2-2. The van der Waals surface area contributed by atoms with Gasteiger partial charge in [-0.05, 0) is 6.42 Å². The summed E-state index contributed by atoms with van der Waals surface area (Å²) in [4.78, 5) is 6.41. The van der Waals surface area contributed by atoms with Gasteiger partial charge in [-0.15, -0.1) is 6.04 Å². The topological polar surface area (TPSA) is 28.2 Å². The molecule has 0 saturated heterocycles. The van der Waals surface area contributed by atoms with Crippen LogP contribution in [0.1, 0.15) is 19.3 Å². The van der Waals surface area contributed by atoms with Gasteiger partial charge in [0, 0.05) is 6.42 Å². The van der Waals surface area contributed by atoms with Crippen molar-refractivity contribution in [3.8, 4) is 0 Å². The fourth-order valence-electron chi connectivity index (χ4n) is 1.37. The summed E-state index contributed by atoms with van der Waals surface area (Å²) in [5.74, 6) is -2.86. The molecule has 0 heterocycles. The van der Waals surface area contributed by atoms with Crippen LogP contribution >= 0.6 is 23.6 Å². The lowest BCUT2D eigenvalue weighted by Crippen LogP contribution is -2.43. The Balaban J connectivity index is 2.66. The Labute approximate surface area is 79.8 Å². The molecule has 0 aromatic rings. The highest BCUT2D eigenvalue weighted by atomic mass is 35.5. The minimum absolute atomic E-state index is 0.184. The van der Waals surface area contributed by atoms with Gasteiger partial charge in [0.2, 0.25) is 5.92 Å². The summed E-state index contributed by atoms with van der Waals surface area (Å²) in [5, 5.41) is 0. The molecule has 12 heavy (non-hydrogen) atoms. The van der Waals surface area contributed by atoms with Gasteiger partial charge in [-0.1, -0.05) is 12.5 Å². The lowest BCUT2D eigenvalue weighted by Gasteiger charge is -2.49. The normalized spacial score (nSPS) is 35.0. The van der Waals surface area contributed by atoms with E-state index in [4.69, 9.17) is 23.6 Å². The van der Waals surface area contributed by atoms with Gasteiger partial charge in [0.1, 0.15) is 0 Å². The Morgan fingerprint density at radius 2 is 1.92 bits per heavy atom. The van der Waals surface area contributed by atoms with Crippen molar-refractivity contribution >= 4 is 23.6 Å². The van der Waals surface area contributed by atoms with Crippen molar-refractivity contribution in [1.82, 2.24) is 0 Å². The van der Waals surface area contributed by atoms with Crippen molar-refractivity contribution < 1.29 is 8.78 Å². The maximum atomic E-state index is 13.0. The Morgan fingerprint density at radius 3 is 2.33 bits per heavy atom. The fourth-order valence-corrected chi connectivity index (χ4v) is 1.85. The number of halogens is 4. The summed E-state index contributed by atoms with van der Waals surface area (Å²) in [6.45, 7) is 0. The Bertz CT molecular complexity index is 156. The lowest BCUT2D eigenvalue weighted by atomic mass is 9.88. The smallest absolute Gasteiger partial charge is 0.232 e. The zero-order valence-corrected chi connectivity index (χ0v) is 7.69. The van der Waals surface area contributed by atoms with Crippen LogP contribution in [0, 0.1) is 0 Å². The second-order valence-corrected chi connectivity index (χ2v) is 3.25. The van der Waals surface area contributed by atoms with Crippen LogP contribution in [0.15, 0.2) is 0 Å². The number of rotatable bonds is 2. The molecule has 0 aliphatic heterocycles. The lowest BCUT2D eigenvalue weighted by molar-refractivity contribution is -0.0426. The number of hydrogen-bond acceptors (Lipinski definition) is 0. The molecule has 1 fully saturated rings. The van der Waals surface area contributed by atoms with Crippen LogP contribution in [-0.4, -0.2) is 18.0 Å². The van der Waals surface area contributed by atoms with E-state index < -0.39 is 18.0 Å². The third-order valence-electron chi connectivity index (χ3n) is 2.04. The van der Waals surface area contributed by atoms with Crippen LogP contribution < -0.4 is 0 Å². The molecular weight excluding hydrogens is 209 g/mol. The standard InChI is InChI=1S/C6H8Cl2F2N2/c7-11-4-2-1-3-6(9,10)5(4)12-8/h4-5H,1-3H2/q-2/t4-,5+/m0/s1. The molecule has 0 bridgehead atoms. The first kappa shape index (κ1) is 10.4. The van der Waals surface area contributed by atoms with E-state index in [1.165, 1.54) is 0 Å². The molecule has 0 spiro atoms.